The molecule has 7 heteroatoms. The van der Waals surface area contributed by atoms with Crippen LogP contribution in [0.2, 0.25) is 0 Å². The van der Waals surface area contributed by atoms with Crippen LogP contribution in [-0.2, 0) is 11.3 Å². The maximum absolute atomic E-state index is 11.7. The molecule has 2 aromatic rings. The number of aromatic nitrogens is 3. The van der Waals surface area contributed by atoms with Gasteiger partial charge in [0.1, 0.15) is 6.10 Å². The van der Waals surface area contributed by atoms with Crippen molar-refractivity contribution in [2.75, 3.05) is 13.2 Å². The first kappa shape index (κ1) is 13.6. The fourth-order valence-electron chi connectivity index (χ4n) is 2.01. The smallest absolute Gasteiger partial charge is 0.342 e. The number of carbonyl (C=O) groups is 1. The minimum atomic E-state index is -0.275. The van der Waals surface area contributed by atoms with Crippen molar-refractivity contribution in [1.29, 1.82) is 0 Å². The van der Waals surface area contributed by atoms with Crippen LogP contribution in [0.15, 0.2) is 36.8 Å². The van der Waals surface area contributed by atoms with E-state index >= 15 is 0 Å². The zero-order valence-electron chi connectivity index (χ0n) is 11.4. The van der Waals surface area contributed by atoms with Gasteiger partial charge >= 0.3 is 6.03 Å². The average Bonchev–Trinajstić information content (AvgIpc) is 3.19. The molecule has 7 nitrogen and oxygen atoms in total. The molecule has 2 aromatic heterocycles. The number of nitrogens with one attached hydrogen (secondary N) is 1. The first-order chi connectivity index (χ1) is 10.3. The minimum absolute atomic E-state index is 0.0860. The minimum Gasteiger partial charge on any atom is -0.472 e. The summed E-state index contributed by atoms with van der Waals surface area (Å²) in [4.78, 5) is 15.9. The molecule has 0 aliphatic carbocycles. The average molecular weight is 288 g/mol. The lowest BCUT2D eigenvalue weighted by Gasteiger charge is -2.11. The molecule has 0 spiro atoms. The Balaban J connectivity index is 1.51. The second-order valence-electron chi connectivity index (χ2n) is 4.72. The second-order valence-corrected chi connectivity index (χ2v) is 4.72. The Morgan fingerprint density at radius 3 is 3.14 bits per heavy atom. The van der Waals surface area contributed by atoms with Crippen molar-refractivity contribution < 1.29 is 14.3 Å². The molecular weight excluding hydrogens is 272 g/mol. The molecular formula is C14H16N4O3. The van der Waals surface area contributed by atoms with E-state index in [0.717, 1.165) is 18.6 Å². The topological polar surface area (TPSA) is 78.3 Å². The maximum atomic E-state index is 11.7. The van der Waals surface area contributed by atoms with Crippen LogP contribution < -0.4 is 10.1 Å². The maximum Gasteiger partial charge on any atom is 0.342 e. The number of hydrogen-bond donors (Lipinski definition) is 1. The monoisotopic (exact) mass is 288 g/mol. The summed E-state index contributed by atoms with van der Waals surface area (Å²) in [6.07, 6.45) is 5.81. The molecule has 1 aliphatic rings. The van der Waals surface area contributed by atoms with Crippen molar-refractivity contribution >= 4 is 6.03 Å². The van der Waals surface area contributed by atoms with E-state index in [0.29, 0.717) is 19.0 Å². The third-order valence-electron chi connectivity index (χ3n) is 3.13. The first-order valence-corrected chi connectivity index (χ1v) is 6.78. The normalized spacial score (nSPS) is 17.6. The van der Waals surface area contributed by atoms with Gasteiger partial charge in [-0.05, 0) is 11.6 Å². The predicted octanol–water partition coefficient (Wildman–Crippen LogP) is 1.20. The third-order valence-corrected chi connectivity index (χ3v) is 3.13. The molecule has 1 atom stereocenters. The summed E-state index contributed by atoms with van der Waals surface area (Å²) in [6.45, 7) is 1.74. The van der Waals surface area contributed by atoms with Gasteiger partial charge < -0.3 is 14.8 Å². The Bertz CT molecular complexity index is 577. The van der Waals surface area contributed by atoms with E-state index in [4.69, 9.17) is 9.47 Å². The molecule has 0 aromatic carbocycles. The highest BCUT2D eigenvalue weighted by Crippen LogP contribution is 2.14. The van der Waals surface area contributed by atoms with Crippen molar-refractivity contribution in [3.63, 3.8) is 0 Å². The zero-order chi connectivity index (χ0) is 14.5. The van der Waals surface area contributed by atoms with Crippen LogP contribution in [-0.4, -0.2) is 40.1 Å². The van der Waals surface area contributed by atoms with E-state index in [-0.39, 0.29) is 12.1 Å². The summed E-state index contributed by atoms with van der Waals surface area (Å²) >= 11 is 0. The Labute approximate surface area is 121 Å². The second kappa shape index (κ2) is 6.36. The van der Waals surface area contributed by atoms with Crippen molar-refractivity contribution in [1.82, 2.24) is 20.1 Å². The highest BCUT2D eigenvalue weighted by molar-refractivity contribution is 5.75. The van der Waals surface area contributed by atoms with E-state index in [1.807, 2.05) is 6.07 Å². The van der Waals surface area contributed by atoms with Gasteiger partial charge in [0, 0.05) is 37.6 Å². The molecule has 1 N–H and O–H groups in total. The van der Waals surface area contributed by atoms with Crippen molar-refractivity contribution in [3.8, 4) is 5.88 Å². The summed E-state index contributed by atoms with van der Waals surface area (Å²) in [7, 11) is 0. The summed E-state index contributed by atoms with van der Waals surface area (Å²) in [5, 5.41) is 6.61. The van der Waals surface area contributed by atoms with Crippen LogP contribution in [0.4, 0.5) is 4.79 Å². The number of amides is 1. The number of ether oxygens (including phenoxy) is 2. The van der Waals surface area contributed by atoms with Crippen molar-refractivity contribution in [2.45, 2.75) is 19.1 Å². The molecule has 1 aliphatic heterocycles. The summed E-state index contributed by atoms with van der Waals surface area (Å²) in [6, 6.07) is 5.10. The van der Waals surface area contributed by atoms with Gasteiger partial charge in [0.15, 0.2) is 0 Å². The van der Waals surface area contributed by atoms with Crippen LogP contribution >= 0.6 is 0 Å². The molecule has 0 radical (unpaired) electrons. The fourth-order valence-corrected chi connectivity index (χ4v) is 2.01. The van der Waals surface area contributed by atoms with Crippen LogP contribution in [0.1, 0.15) is 12.0 Å². The summed E-state index contributed by atoms with van der Waals surface area (Å²) in [5.41, 5.74) is 0.894. The number of rotatable bonds is 4. The van der Waals surface area contributed by atoms with E-state index in [9.17, 15) is 4.79 Å². The number of nitrogens with zero attached hydrogens (tertiary/aromatic N) is 3. The van der Waals surface area contributed by atoms with E-state index in [1.165, 1.54) is 4.68 Å². The molecule has 1 unspecified atom stereocenters. The van der Waals surface area contributed by atoms with E-state index in [2.05, 4.69) is 15.4 Å². The van der Waals surface area contributed by atoms with Crippen molar-refractivity contribution in [3.05, 3.63) is 42.4 Å². The Kier molecular flexibility index (Phi) is 4.11. The summed E-state index contributed by atoms with van der Waals surface area (Å²) < 4.78 is 12.2. The molecule has 0 bridgehead atoms. The quantitative estimate of drug-likeness (QED) is 0.914. The van der Waals surface area contributed by atoms with Crippen LogP contribution in [0.25, 0.3) is 0 Å². The predicted molar refractivity (Wildman–Crippen MR) is 73.9 cm³/mol. The lowest BCUT2D eigenvalue weighted by atomic mass is 10.3. The molecule has 110 valence electrons. The first-order valence-electron chi connectivity index (χ1n) is 6.78. The number of pyridine rings is 1. The Hall–Kier alpha value is -2.41. The lowest BCUT2D eigenvalue weighted by molar-refractivity contribution is 0.138. The fraction of sp³-hybridized carbons (Fsp3) is 0.357. The van der Waals surface area contributed by atoms with Gasteiger partial charge in [-0.1, -0.05) is 6.07 Å². The van der Waals surface area contributed by atoms with E-state index < -0.39 is 0 Å². The van der Waals surface area contributed by atoms with Gasteiger partial charge in [-0.25, -0.2) is 9.78 Å². The molecule has 21 heavy (non-hydrogen) atoms. The van der Waals surface area contributed by atoms with E-state index in [1.54, 1.807) is 30.7 Å². The zero-order valence-corrected chi connectivity index (χ0v) is 11.4. The number of carbonyl (C=O) groups excluding carboxylic acids is 1. The summed E-state index contributed by atoms with van der Waals surface area (Å²) in [5.74, 6) is 0.577. The molecule has 0 saturated carbocycles. The molecule has 3 rings (SSSR count). The molecule has 1 fully saturated rings. The Morgan fingerprint density at radius 2 is 2.48 bits per heavy atom. The van der Waals surface area contributed by atoms with Crippen LogP contribution in [0.3, 0.4) is 0 Å². The highest BCUT2D eigenvalue weighted by atomic mass is 16.5. The SMILES string of the molecule is O=C(NCc1ccc(OC2CCOC2)nc1)n1cccn1. The van der Waals surface area contributed by atoms with Gasteiger partial charge in [-0.15, -0.1) is 0 Å². The molecule has 3 heterocycles. The standard InChI is InChI=1S/C14H16N4O3/c19-14(18-6-1-5-17-18)16-9-11-2-3-13(15-8-11)21-12-4-7-20-10-12/h1-3,5-6,8,12H,4,7,9-10H2,(H,16,19). The lowest BCUT2D eigenvalue weighted by Crippen LogP contribution is -2.28. The van der Waals surface area contributed by atoms with Crippen LogP contribution in [0, 0.1) is 0 Å². The van der Waals surface area contributed by atoms with Gasteiger partial charge in [0.05, 0.1) is 13.2 Å². The van der Waals surface area contributed by atoms with Crippen molar-refractivity contribution in [2.24, 2.45) is 0 Å². The van der Waals surface area contributed by atoms with Crippen LogP contribution in [0.5, 0.6) is 5.88 Å². The highest BCUT2D eigenvalue weighted by Gasteiger charge is 2.17. The number of hydrogen-bond acceptors (Lipinski definition) is 5. The molecule has 1 amide bonds. The molecule has 1 saturated heterocycles. The van der Waals surface area contributed by atoms with Gasteiger partial charge in [0.25, 0.3) is 0 Å². The van der Waals surface area contributed by atoms with Gasteiger partial charge in [-0.3, -0.25) is 0 Å². The van der Waals surface area contributed by atoms with Gasteiger partial charge in [0.2, 0.25) is 5.88 Å². The Morgan fingerprint density at radius 1 is 1.52 bits per heavy atom. The largest absolute Gasteiger partial charge is 0.472 e. The third kappa shape index (κ3) is 3.57. The van der Waals surface area contributed by atoms with Gasteiger partial charge in [-0.2, -0.15) is 9.78 Å².